The Morgan fingerprint density at radius 1 is 1.19 bits per heavy atom. The monoisotopic (exact) mass is 483 g/mol. The summed E-state index contributed by atoms with van der Waals surface area (Å²) >= 11 is 0. The third-order valence-electron chi connectivity index (χ3n) is 3.23. The molecule has 0 amide bonds. The Balaban J connectivity index is 0.00000338. The Morgan fingerprint density at radius 3 is 2.65 bits per heavy atom. The first kappa shape index (κ1) is 22.1. The molecule has 0 saturated heterocycles. The molecule has 0 unspecified atom stereocenters. The van der Waals surface area contributed by atoms with Crippen molar-refractivity contribution in [2.24, 2.45) is 4.99 Å². The van der Waals surface area contributed by atoms with Gasteiger partial charge in [-0.15, -0.1) is 24.0 Å². The Kier molecular flexibility index (Phi) is 9.31. The third-order valence-corrected chi connectivity index (χ3v) is 3.23. The third kappa shape index (κ3) is 8.45. The van der Waals surface area contributed by atoms with Crippen molar-refractivity contribution in [3.63, 3.8) is 0 Å². The van der Waals surface area contributed by atoms with E-state index in [0.29, 0.717) is 25.5 Å². The number of guanidine groups is 1. The van der Waals surface area contributed by atoms with E-state index in [9.17, 15) is 13.2 Å². The van der Waals surface area contributed by atoms with Crippen LogP contribution >= 0.6 is 24.0 Å². The minimum atomic E-state index is -4.35. The van der Waals surface area contributed by atoms with Gasteiger partial charge in [-0.1, -0.05) is 12.1 Å². The Hall–Kier alpha value is -1.91. The minimum absolute atomic E-state index is 0. The van der Waals surface area contributed by atoms with Gasteiger partial charge in [-0.2, -0.15) is 13.2 Å². The van der Waals surface area contributed by atoms with E-state index in [-0.39, 0.29) is 29.7 Å². The maximum Gasteiger partial charge on any atom is 0.422 e. The van der Waals surface area contributed by atoms with Crippen molar-refractivity contribution < 1.29 is 22.3 Å². The standard InChI is InChI=1S/C17H20F3N3O2.HI/c1-21-16(22-8-7-14-6-3-9-24-14)23-11-13-4-2-5-15(10-13)25-12-17(18,19)20;/h2-6,9-10H,7-8,11-12H2,1H3,(H2,21,22,23);1H. The average Bonchev–Trinajstić information content (AvgIpc) is 3.09. The van der Waals surface area contributed by atoms with Gasteiger partial charge in [0.1, 0.15) is 11.5 Å². The summed E-state index contributed by atoms with van der Waals surface area (Å²) in [7, 11) is 1.64. The van der Waals surface area contributed by atoms with Gasteiger partial charge < -0.3 is 19.8 Å². The molecule has 0 radical (unpaired) electrons. The Labute approximate surface area is 167 Å². The van der Waals surface area contributed by atoms with Crippen LogP contribution in [0.15, 0.2) is 52.1 Å². The average molecular weight is 483 g/mol. The van der Waals surface area contributed by atoms with Crippen LogP contribution in [0.5, 0.6) is 5.75 Å². The van der Waals surface area contributed by atoms with E-state index in [1.165, 1.54) is 6.07 Å². The van der Waals surface area contributed by atoms with Crippen molar-refractivity contribution in [1.82, 2.24) is 10.6 Å². The lowest BCUT2D eigenvalue weighted by Crippen LogP contribution is -2.37. The molecule has 1 heterocycles. The van der Waals surface area contributed by atoms with Crippen LogP contribution < -0.4 is 15.4 Å². The molecule has 2 N–H and O–H groups in total. The molecule has 5 nitrogen and oxygen atoms in total. The number of furan rings is 1. The fourth-order valence-electron chi connectivity index (χ4n) is 2.08. The summed E-state index contributed by atoms with van der Waals surface area (Å²) in [5, 5.41) is 6.23. The highest BCUT2D eigenvalue weighted by atomic mass is 127. The quantitative estimate of drug-likeness (QED) is 0.358. The Morgan fingerprint density at radius 2 is 2.00 bits per heavy atom. The number of rotatable bonds is 7. The number of halogens is 4. The number of ether oxygens (including phenoxy) is 1. The molecular formula is C17H21F3IN3O2. The van der Waals surface area contributed by atoms with Gasteiger partial charge in [0.05, 0.1) is 6.26 Å². The van der Waals surface area contributed by atoms with Gasteiger partial charge in [0, 0.05) is 26.6 Å². The molecule has 0 aliphatic heterocycles. The number of alkyl halides is 3. The summed E-state index contributed by atoms with van der Waals surface area (Å²) in [6.07, 6.45) is -2.01. The number of hydrogen-bond donors (Lipinski definition) is 2. The first-order chi connectivity index (χ1) is 12.0. The first-order valence-corrected chi connectivity index (χ1v) is 7.71. The molecule has 0 saturated carbocycles. The maximum absolute atomic E-state index is 12.2. The zero-order valence-corrected chi connectivity index (χ0v) is 16.5. The lowest BCUT2D eigenvalue weighted by Gasteiger charge is -2.13. The van der Waals surface area contributed by atoms with E-state index < -0.39 is 12.8 Å². The predicted molar refractivity (Wildman–Crippen MR) is 104 cm³/mol. The van der Waals surface area contributed by atoms with Crippen molar-refractivity contribution in [2.45, 2.75) is 19.1 Å². The molecule has 0 atom stereocenters. The number of nitrogens with zero attached hydrogens (tertiary/aromatic N) is 1. The Bertz CT molecular complexity index is 676. The van der Waals surface area contributed by atoms with E-state index in [0.717, 1.165) is 11.3 Å². The van der Waals surface area contributed by atoms with Crippen LogP contribution in [-0.4, -0.2) is 32.3 Å². The maximum atomic E-state index is 12.2. The van der Waals surface area contributed by atoms with E-state index in [1.54, 1.807) is 31.5 Å². The molecule has 0 spiro atoms. The summed E-state index contributed by atoms with van der Waals surface area (Å²) < 4.78 is 46.6. The van der Waals surface area contributed by atoms with Crippen molar-refractivity contribution in [3.8, 4) is 5.75 Å². The smallest absolute Gasteiger partial charge is 0.422 e. The van der Waals surface area contributed by atoms with Gasteiger partial charge in [-0.3, -0.25) is 4.99 Å². The zero-order chi connectivity index (χ0) is 18.1. The van der Waals surface area contributed by atoms with E-state index >= 15 is 0 Å². The number of hydrogen-bond acceptors (Lipinski definition) is 3. The molecule has 144 valence electrons. The molecule has 0 bridgehead atoms. The van der Waals surface area contributed by atoms with Gasteiger partial charge in [0.25, 0.3) is 0 Å². The van der Waals surface area contributed by atoms with Crippen LogP contribution in [0.3, 0.4) is 0 Å². The molecular weight excluding hydrogens is 462 g/mol. The molecule has 9 heteroatoms. The van der Waals surface area contributed by atoms with Gasteiger partial charge in [-0.25, -0.2) is 0 Å². The van der Waals surface area contributed by atoms with Crippen molar-refractivity contribution >= 4 is 29.9 Å². The van der Waals surface area contributed by atoms with E-state index in [4.69, 9.17) is 9.15 Å². The predicted octanol–water partition coefficient (Wildman–Crippen LogP) is 3.75. The highest BCUT2D eigenvalue weighted by molar-refractivity contribution is 14.0. The summed E-state index contributed by atoms with van der Waals surface area (Å²) in [5.74, 6) is 1.64. The molecule has 1 aromatic heterocycles. The SMILES string of the molecule is CN=C(NCCc1ccco1)NCc1cccc(OCC(F)(F)F)c1.I. The van der Waals surface area contributed by atoms with Gasteiger partial charge in [0.15, 0.2) is 12.6 Å². The van der Waals surface area contributed by atoms with Gasteiger partial charge in [-0.05, 0) is 29.8 Å². The molecule has 0 aliphatic carbocycles. The molecule has 2 rings (SSSR count). The van der Waals surface area contributed by atoms with Gasteiger partial charge in [0.2, 0.25) is 0 Å². The topological polar surface area (TPSA) is 58.8 Å². The second kappa shape index (κ2) is 10.9. The fourth-order valence-corrected chi connectivity index (χ4v) is 2.08. The first-order valence-electron chi connectivity index (χ1n) is 7.71. The van der Waals surface area contributed by atoms with Gasteiger partial charge >= 0.3 is 6.18 Å². The lowest BCUT2D eigenvalue weighted by molar-refractivity contribution is -0.153. The van der Waals surface area contributed by atoms with E-state index in [1.807, 2.05) is 12.1 Å². The summed E-state index contributed by atoms with van der Waals surface area (Å²) in [6, 6.07) is 10.2. The minimum Gasteiger partial charge on any atom is -0.484 e. The molecule has 0 aliphatic rings. The summed E-state index contributed by atoms with van der Waals surface area (Å²) in [5.41, 5.74) is 0.786. The molecule has 0 fully saturated rings. The largest absolute Gasteiger partial charge is 0.484 e. The van der Waals surface area contributed by atoms with Crippen LogP contribution in [0.2, 0.25) is 0 Å². The fraction of sp³-hybridized carbons (Fsp3) is 0.353. The second-order valence-electron chi connectivity index (χ2n) is 5.23. The normalized spacial score (nSPS) is 11.6. The van der Waals surface area contributed by atoms with Crippen LogP contribution in [0.1, 0.15) is 11.3 Å². The number of nitrogens with one attached hydrogen (secondary N) is 2. The molecule has 1 aromatic carbocycles. The van der Waals surface area contributed by atoms with E-state index in [2.05, 4.69) is 15.6 Å². The van der Waals surface area contributed by atoms with Crippen molar-refractivity contribution in [1.29, 1.82) is 0 Å². The van der Waals surface area contributed by atoms with Crippen molar-refractivity contribution in [3.05, 3.63) is 54.0 Å². The van der Waals surface area contributed by atoms with Crippen LogP contribution in [0, 0.1) is 0 Å². The number of aliphatic imine (C=N–C) groups is 1. The summed E-state index contributed by atoms with van der Waals surface area (Å²) in [6.45, 7) is -0.258. The van der Waals surface area contributed by atoms with Crippen LogP contribution in [-0.2, 0) is 13.0 Å². The van der Waals surface area contributed by atoms with Crippen LogP contribution in [0.4, 0.5) is 13.2 Å². The lowest BCUT2D eigenvalue weighted by atomic mass is 10.2. The molecule has 26 heavy (non-hydrogen) atoms. The highest BCUT2D eigenvalue weighted by Gasteiger charge is 2.28. The highest BCUT2D eigenvalue weighted by Crippen LogP contribution is 2.19. The molecule has 2 aromatic rings. The number of benzene rings is 1. The van der Waals surface area contributed by atoms with Crippen LogP contribution in [0.25, 0.3) is 0 Å². The zero-order valence-electron chi connectivity index (χ0n) is 14.2. The second-order valence-corrected chi connectivity index (χ2v) is 5.23. The van der Waals surface area contributed by atoms with Crippen molar-refractivity contribution in [2.75, 3.05) is 20.2 Å². The summed E-state index contributed by atoms with van der Waals surface area (Å²) in [4.78, 5) is 4.10.